The maximum Gasteiger partial charge on any atom is 0.335 e. The highest BCUT2D eigenvalue weighted by molar-refractivity contribution is 7.13. The minimum absolute atomic E-state index is 0.0119. The van der Waals surface area contributed by atoms with Crippen LogP contribution >= 0.6 is 11.3 Å². The average Bonchev–Trinajstić information content (AvgIpc) is 2.82. The van der Waals surface area contributed by atoms with E-state index in [0.29, 0.717) is 10.7 Å². The molecule has 0 saturated heterocycles. The van der Waals surface area contributed by atoms with Gasteiger partial charge in [-0.15, -0.1) is 10.2 Å². The van der Waals surface area contributed by atoms with E-state index in [0.717, 1.165) is 0 Å². The van der Waals surface area contributed by atoms with Gasteiger partial charge in [0.05, 0.1) is 12.0 Å². The summed E-state index contributed by atoms with van der Waals surface area (Å²) in [7, 11) is 0. The molecule has 0 atom stereocenters. The van der Waals surface area contributed by atoms with Crippen LogP contribution in [0, 0.1) is 0 Å². The first kappa shape index (κ1) is 12.2. The third kappa shape index (κ3) is 2.89. The average molecular weight is 263 g/mol. The zero-order valence-corrected chi connectivity index (χ0v) is 9.98. The Morgan fingerprint density at radius 2 is 2.11 bits per heavy atom. The summed E-state index contributed by atoms with van der Waals surface area (Å²) in [6.07, 6.45) is -0.0119. The number of hydrogen-bond donors (Lipinski definition) is 2. The summed E-state index contributed by atoms with van der Waals surface area (Å²) in [6.45, 7) is 0. The van der Waals surface area contributed by atoms with Crippen molar-refractivity contribution in [1.29, 1.82) is 0 Å². The number of hydrogen-bond acceptors (Lipinski definition) is 5. The molecule has 92 valence electrons. The molecule has 0 spiro atoms. The van der Waals surface area contributed by atoms with Crippen LogP contribution in [0.5, 0.6) is 0 Å². The molecule has 6 nitrogen and oxygen atoms in total. The molecule has 0 bridgehead atoms. The molecule has 2 aromatic rings. The number of nitrogens with one attached hydrogen (secondary N) is 1. The second-order valence-corrected chi connectivity index (χ2v) is 4.26. The third-order valence-corrected chi connectivity index (χ3v) is 2.81. The van der Waals surface area contributed by atoms with Gasteiger partial charge in [-0.25, -0.2) is 4.79 Å². The van der Waals surface area contributed by atoms with Crippen LogP contribution in [-0.2, 0) is 11.2 Å². The molecule has 0 aliphatic carbocycles. The summed E-state index contributed by atoms with van der Waals surface area (Å²) in [4.78, 5) is 22.7. The highest BCUT2D eigenvalue weighted by Crippen LogP contribution is 2.12. The van der Waals surface area contributed by atoms with Crippen LogP contribution < -0.4 is 5.32 Å². The SMILES string of the molecule is O=C(Cc1ccccc1C(=O)O)Nc1nncs1. The lowest BCUT2D eigenvalue weighted by molar-refractivity contribution is -0.115. The Labute approximate surface area is 106 Å². The lowest BCUT2D eigenvalue weighted by Gasteiger charge is -2.05. The van der Waals surface area contributed by atoms with Gasteiger partial charge in [-0.3, -0.25) is 4.79 Å². The van der Waals surface area contributed by atoms with Crippen molar-refractivity contribution >= 4 is 28.3 Å². The van der Waals surface area contributed by atoms with E-state index in [1.165, 1.54) is 22.9 Å². The van der Waals surface area contributed by atoms with Gasteiger partial charge in [0.25, 0.3) is 0 Å². The molecule has 0 aliphatic heterocycles. The van der Waals surface area contributed by atoms with Gasteiger partial charge in [-0.1, -0.05) is 29.5 Å². The fourth-order valence-corrected chi connectivity index (χ4v) is 1.91. The molecule has 1 aromatic heterocycles. The molecule has 2 rings (SSSR count). The third-order valence-electron chi connectivity index (χ3n) is 2.21. The molecular formula is C11H9N3O3S. The zero-order chi connectivity index (χ0) is 13.0. The summed E-state index contributed by atoms with van der Waals surface area (Å²) in [5.41, 5.74) is 2.10. The molecular weight excluding hydrogens is 254 g/mol. The van der Waals surface area contributed by atoms with Crippen LogP contribution in [0.2, 0.25) is 0 Å². The number of carbonyl (C=O) groups is 2. The number of amides is 1. The summed E-state index contributed by atoms with van der Waals surface area (Å²) in [5.74, 6) is -1.37. The zero-order valence-electron chi connectivity index (χ0n) is 9.16. The van der Waals surface area contributed by atoms with E-state index in [-0.39, 0.29) is 17.9 Å². The Balaban J connectivity index is 2.09. The maximum atomic E-state index is 11.7. The monoisotopic (exact) mass is 263 g/mol. The first-order valence-corrected chi connectivity index (χ1v) is 5.92. The first-order chi connectivity index (χ1) is 8.66. The Morgan fingerprint density at radius 1 is 1.33 bits per heavy atom. The van der Waals surface area contributed by atoms with Crippen molar-refractivity contribution in [3.8, 4) is 0 Å². The van der Waals surface area contributed by atoms with Crippen LogP contribution in [0.4, 0.5) is 5.13 Å². The van der Waals surface area contributed by atoms with Gasteiger partial charge in [0.1, 0.15) is 5.51 Å². The Kier molecular flexibility index (Phi) is 3.63. The van der Waals surface area contributed by atoms with Crippen molar-refractivity contribution in [2.24, 2.45) is 0 Å². The second kappa shape index (κ2) is 5.37. The van der Waals surface area contributed by atoms with E-state index in [4.69, 9.17) is 5.11 Å². The highest BCUT2D eigenvalue weighted by atomic mass is 32.1. The summed E-state index contributed by atoms with van der Waals surface area (Å²) in [6, 6.07) is 6.40. The van der Waals surface area contributed by atoms with Crippen molar-refractivity contribution in [3.05, 3.63) is 40.9 Å². The number of rotatable bonds is 4. The van der Waals surface area contributed by atoms with Crippen molar-refractivity contribution in [2.75, 3.05) is 5.32 Å². The quantitative estimate of drug-likeness (QED) is 0.870. The largest absolute Gasteiger partial charge is 0.478 e. The molecule has 0 unspecified atom stereocenters. The molecule has 1 aromatic carbocycles. The van der Waals surface area contributed by atoms with Crippen LogP contribution in [0.25, 0.3) is 0 Å². The fraction of sp³-hybridized carbons (Fsp3) is 0.0909. The first-order valence-electron chi connectivity index (χ1n) is 5.04. The van der Waals surface area contributed by atoms with Crippen LogP contribution in [0.1, 0.15) is 15.9 Å². The number of carboxylic acids is 1. The van der Waals surface area contributed by atoms with Gasteiger partial charge in [0.2, 0.25) is 11.0 Å². The predicted octanol–water partition coefficient (Wildman–Crippen LogP) is 1.42. The molecule has 2 N–H and O–H groups in total. The van der Waals surface area contributed by atoms with Crippen molar-refractivity contribution in [3.63, 3.8) is 0 Å². The van der Waals surface area contributed by atoms with Gasteiger partial charge >= 0.3 is 5.97 Å². The van der Waals surface area contributed by atoms with Crippen molar-refractivity contribution in [1.82, 2.24) is 10.2 Å². The molecule has 0 fully saturated rings. The molecule has 0 aliphatic rings. The predicted molar refractivity (Wildman–Crippen MR) is 65.6 cm³/mol. The number of anilines is 1. The highest BCUT2D eigenvalue weighted by Gasteiger charge is 2.13. The van der Waals surface area contributed by atoms with E-state index in [1.54, 1.807) is 18.2 Å². The molecule has 0 saturated carbocycles. The van der Waals surface area contributed by atoms with Crippen LogP contribution in [-0.4, -0.2) is 27.2 Å². The molecule has 1 amide bonds. The van der Waals surface area contributed by atoms with Crippen LogP contribution in [0.3, 0.4) is 0 Å². The molecule has 18 heavy (non-hydrogen) atoms. The fourth-order valence-electron chi connectivity index (χ4n) is 1.45. The lowest BCUT2D eigenvalue weighted by atomic mass is 10.0. The summed E-state index contributed by atoms with van der Waals surface area (Å²) in [5, 5.41) is 19.2. The van der Waals surface area contributed by atoms with Crippen LogP contribution in [0.15, 0.2) is 29.8 Å². The number of carboxylic acid groups (broad SMARTS) is 1. The standard InChI is InChI=1S/C11H9N3O3S/c15-9(13-11-14-12-6-18-11)5-7-3-1-2-4-8(7)10(16)17/h1-4,6H,5H2,(H,16,17)(H,13,14,15). The Hall–Kier alpha value is -2.28. The number of carbonyl (C=O) groups excluding carboxylic acids is 1. The van der Waals surface area contributed by atoms with Crippen molar-refractivity contribution < 1.29 is 14.7 Å². The Morgan fingerprint density at radius 3 is 2.78 bits per heavy atom. The lowest BCUT2D eigenvalue weighted by Crippen LogP contribution is -2.16. The number of benzene rings is 1. The van der Waals surface area contributed by atoms with E-state index in [2.05, 4.69) is 15.5 Å². The summed E-state index contributed by atoms with van der Waals surface area (Å²) < 4.78 is 0. The van der Waals surface area contributed by atoms with Gasteiger partial charge in [0.15, 0.2) is 0 Å². The number of nitrogens with zero attached hydrogens (tertiary/aromatic N) is 2. The minimum Gasteiger partial charge on any atom is -0.478 e. The number of aromatic carboxylic acids is 1. The second-order valence-electron chi connectivity index (χ2n) is 3.43. The van der Waals surface area contributed by atoms with Gasteiger partial charge in [0, 0.05) is 0 Å². The van der Waals surface area contributed by atoms with Gasteiger partial charge in [-0.05, 0) is 11.6 Å². The number of aromatic nitrogens is 2. The molecule has 0 radical (unpaired) electrons. The van der Waals surface area contributed by atoms with E-state index in [9.17, 15) is 9.59 Å². The topological polar surface area (TPSA) is 92.2 Å². The Bertz CT molecular complexity index is 569. The smallest absolute Gasteiger partial charge is 0.335 e. The molecule has 1 heterocycles. The van der Waals surface area contributed by atoms with Crippen molar-refractivity contribution in [2.45, 2.75) is 6.42 Å². The normalized spacial score (nSPS) is 10.0. The van der Waals surface area contributed by atoms with E-state index < -0.39 is 5.97 Å². The minimum atomic E-state index is -1.05. The van der Waals surface area contributed by atoms with Gasteiger partial charge < -0.3 is 10.4 Å². The summed E-state index contributed by atoms with van der Waals surface area (Å²) >= 11 is 1.20. The maximum absolute atomic E-state index is 11.7. The van der Waals surface area contributed by atoms with E-state index >= 15 is 0 Å². The molecule has 7 heteroatoms. The van der Waals surface area contributed by atoms with E-state index in [1.807, 2.05) is 0 Å². The van der Waals surface area contributed by atoms with Gasteiger partial charge in [-0.2, -0.15) is 0 Å².